The Morgan fingerprint density at radius 1 is 0.944 bits per heavy atom. The van der Waals surface area contributed by atoms with Crippen LogP contribution in [-0.4, -0.2) is 5.91 Å². The molecule has 2 aromatic rings. The standard InChI is InChI=1S/C15H14N2O/c18-15-9-6-11-10-13(7-8-14(11)17-15)16-12-4-2-1-3-5-12/h1-5,7-8,10,16H,6,9H2,(H,17,18). The first kappa shape index (κ1) is 10.8. The molecule has 0 aliphatic carbocycles. The van der Waals surface area contributed by atoms with E-state index >= 15 is 0 Å². The summed E-state index contributed by atoms with van der Waals surface area (Å²) >= 11 is 0. The summed E-state index contributed by atoms with van der Waals surface area (Å²) in [5, 5.41) is 6.24. The smallest absolute Gasteiger partial charge is 0.224 e. The van der Waals surface area contributed by atoms with Gasteiger partial charge in [0.1, 0.15) is 0 Å². The van der Waals surface area contributed by atoms with Crippen LogP contribution < -0.4 is 10.6 Å². The maximum absolute atomic E-state index is 11.3. The molecule has 0 unspecified atom stereocenters. The van der Waals surface area contributed by atoms with Crippen LogP contribution in [0, 0.1) is 0 Å². The van der Waals surface area contributed by atoms with Crippen LogP contribution in [0.15, 0.2) is 48.5 Å². The van der Waals surface area contributed by atoms with Crippen LogP contribution in [-0.2, 0) is 11.2 Å². The Bertz CT molecular complexity index is 578. The van der Waals surface area contributed by atoms with Crippen LogP contribution in [0.4, 0.5) is 17.1 Å². The van der Waals surface area contributed by atoms with Gasteiger partial charge in [0.15, 0.2) is 0 Å². The minimum absolute atomic E-state index is 0.103. The summed E-state index contributed by atoms with van der Waals surface area (Å²) in [5.41, 5.74) is 4.24. The van der Waals surface area contributed by atoms with Crippen LogP contribution in [0.3, 0.4) is 0 Å². The van der Waals surface area contributed by atoms with Gasteiger partial charge in [-0.3, -0.25) is 4.79 Å². The van der Waals surface area contributed by atoms with Crippen molar-refractivity contribution >= 4 is 23.0 Å². The number of carbonyl (C=O) groups excluding carboxylic acids is 1. The monoisotopic (exact) mass is 238 g/mol. The second kappa shape index (κ2) is 4.53. The highest BCUT2D eigenvalue weighted by atomic mass is 16.1. The van der Waals surface area contributed by atoms with Gasteiger partial charge in [-0.05, 0) is 42.3 Å². The number of aryl methyl sites for hydroxylation is 1. The molecule has 1 aliphatic rings. The third kappa shape index (κ3) is 2.20. The second-order valence-corrected chi connectivity index (χ2v) is 4.41. The van der Waals surface area contributed by atoms with E-state index in [0.717, 1.165) is 23.5 Å². The first-order valence-electron chi connectivity index (χ1n) is 6.06. The molecule has 3 rings (SSSR count). The van der Waals surface area contributed by atoms with Gasteiger partial charge in [0.2, 0.25) is 5.91 Å². The van der Waals surface area contributed by atoms with Gasteiger partial charge in [0, 0.05) is 23.5 Å². The second-order valence-electron chi connectivity index (χ2n) is 4.41. The Morgan fingerprint density at radius 2 is 1.78 bits per heavy atom. The Morgan fingerprint density at radius 3 is 2.61 bits per heavy atom. The lowest BCUT2D eigenvalue weighted by Gasteiger charge is -2.18. The highest BCUT2D eigenvalue weighted by Crippen LogP contribution is 2.27. The first-order chi connectivity index (χ1) is 8.81. The van der Waals surface area contributed by atoms with Crippen molar-refractivity contribution < 1.29 is 4.79 Å². The fraction of sp³-hybridized carbons (Fsp3) is 0.133. The fourth-order valence-electron chi connectivity index (χ4n) is 2.15. The zero-order valence-electron chi connectivity index (χ0n) is 9.94. The SMILES string of the molecule is O=C1CCc2cc(Nc3ccccc3)ccc2N1. The van der Waals surface area contributed by atoms with Crippen molar-refractivity contribution in [3.05, 3.63) is 54.1 Å². The molecule has 2 aromatic carbocycles. The van der Waals surface area contributed by atoms with Gasteiger partial charge < -0.3 is 10.6 Å². The Balaban J connectivity index is 1.85. The van der Waals surface area contributed by atoms with Gasteiger partial charge in [-0.25, -0.2) is 0 Å². The average Bonchev–Trinajstić information content (AvgIpc) is 2.40. The molecule has 90 valence electrons. The van der Waals surface area contributed by atoms with Crippen molar-refractivity contribution in [1.29, 1.82) is 0 Å². The maximum Gasteiger partial charge on any atom is 0.224 e. The third-order valence-electron chi connectivity index (χ3n) is 3.06. The molecule has 0 saturated heterocycles. The zero-order chi connectivity index (χ0) is 12.4. The van der Waals surface area contributed by atoms with Gasteiger partial charge in [0.25, 0.3) is 0 Å². The lowest BCUT2D eigenvalue weighted by Crippen LogP contribution is -2.18. The van der Waals surface area contributed by atoms with E-state index in [1.54, 1.807) is 0 Å². The predicted molar refractivity (Wildman–Crippen MR) is 73.1 cm³/mol. The van der Waals surface area contributed by atoms with Crippen molar-refractivity contribution in [2.75, 3.05) is 10.6 Å². The number of para-hydroxylation sites is 1. The van der Waals surface area contributed by atoms with Gasteiger partial charge in [-0.1, -0.05) is 18.2 Å². The number of anilines is 3. The number of fused-ring (bicyclic) bond motifs is 1. The molecule has 1 amide bonds. The highest BCUT2D eigenvalue weighted by molar-refractivity contribution is 5.94. The lowest BCUT2D eigenvalue weighted by molar-refractivity contribution is -0.116. The van der Waals surface area contributed by atoms with E-state index in [4.69, 9.17) is 0 Å². The minimum Gasteiger partial charge on any atom is -0.356 e. The lowest BCUT2D eigenvalue weighted by atomic mass is 10.0. The number of carbonyl (C=O) groups is 1. The molecule has 0 bridgehead atoms. The molecule has 3 heteroatoms. The topological polar surface area (TPSA) is 41.1 Å². The van der Waals surface area contributed by atoms with Gasteiger partial charge in [-0.15, -0.1) is 0 Å². The molecular weight excluding hydrogens is 224 g/mol. The van der Waals surface area contributed by atoms with Crippen LogP contribution in [0.2, 0.25) is 0 Å². The fourth-order valence-corrected chi connectivity index (χ4v) is 2.15. The highest BCUT2D eigenvalue weighted by Gasteiger charge is 2.14. The summed E-state index contributed by atoms with van der Waals surface area (Å²) in [4.78, 5) is 11.3. The molecule has 0 atom stereocenters. The molecule has 1 aliphatic heterocycles. The molecule has 0 spiro atoms. The molecule has 0 saturated carbocycles. The summed E-state index contributed by atoms with van der Waals surface area (Å²) in [6.45, 7) is 0. The van der Waals surface area contributed by atoms with Crippen LogP contribution in [0.25, 0.3) is 0 Å². The van der Waals surface area contributed by atoms with E-state index < -0.39 is 0 Å². The average molecular weight is 238 g/mol. The largest absolute Gasteiger partial charge is 0.356 e. The van der Waals surface area contributed by atoms with Crippen molar-refractivity contribution in [1.82, 2.24) is 0 Å². The number of benzene rings is 2. The Hall–Kier alpha value is -2.29. The summed E-state index contributed by atoms with van der Waals surface area (Å²) < 4.78 is 0. The quantitative estimate of drug-likeness (QED) is 0.842. The number of rotatable bonds is 2. The summed E-state index contributed by atoms with van der Waals surface area (Å²) in [5.74, 6) is 0.103. The summed E-state index contributed by atoms with van der Waals surface area (Å²) in [6, 6.07) is 16.1. The Labute approximate surface area is 106 Å². The predicted octanol–water partition coefficient (Wildman–Crippen LogP) is 3.31. The van der Waals surface area contributed by atoms with Gasteiger partial charge in [0.05, 0.1) is 0 Å². The molecular formula is C15H14N2O. The van der Waals surface area contributed by atoms with Crippen molar-refractivity contribution in [2.24, 2.45) is 0 Å². The maximum atomic E-state index is 11.3. The van der Waals surface area contributed by atoms with Crippen molar-refractivity contribution in [3.8, 4) is 0 Å². The molecule has 18 heavy (non-hydrogen) atoms. The molecule has 0 fully saturated rings. The van der Waals surface area contributed by atoms with E-state index in [1.807, 2.05) is 42.5 Å². The Kier molecular flexibility index (Phi) is 2.73. The van der Waals surface area contributed by atoms with Crippen LogP contribution in [0.5, 0.6) is 0 Å². The van der Waals surface area contributed by atoms with Gasteiger partial charge >= 0.3 is 0 Å². The number of amides is 1. The van der Waals surface area contributed by atoms with E-state index in [2.05, 4.69) is 16.7 Å². The summed E-state index contributed by atoms with van der Waals surface area (Å²) in [6.07, 6.45) is 1.38. The third-order valence-corrected chi connectivity index (χ3v) is 3.06. The van der Waals surface area contributed by atoms with E-state index in [-0.39, 0.29) is 5.91 Å². The normalized spacial score (nSPS) is 13.7. The van der Waals surface area contributed by atoms with E-state index in [0.29, 0.717) is 6.42 Å². The molecule has 0 radical (unpaired) electrons. The zero-order valence-corrected chi connectivity index (χ0v) is 9.94. The number of hydrogen-bond acceptors (Lipinski definition) is 2. The van der Waals surface area contributed by atoms with Crippen molar-refractivity contribution in [3.63, 3.8) is 0 Å². The van der Waals surface area contributed by atoms with Crippen molar-refractivity contribution in [2.45, 2.75) is 12.8 Å². The minimum atomic E-state index is 0.103. The van der Waals surface area contributed by atoms with Crippen LogP contribution >= 0.6 is 0 Å². The van der Waals surface area contributed by atoms with Crippen LogP contribution in [0.1, 0.15) is 12.0 Å². The summed E-state index contributed by atoms with van der Waals surface area (Å²) in [7, 11) is 0. The number of hydrogen-bond donors (Lipinski definition) is 2. The molecule has 0 aromatic heterocycles. The number of nitrogens with one attached hydrogen (secondary N) is 2. The first-order valence-corrected chi connectivity index (χ1v) is 6.06. The molecule has 2 N–H and O–H groups in total. The van der Waals surface area contributed by atoms with E-state index in [9.17, 15) is 4.79 Å². The van der Waals surface area contributed by atoms with E-state index in [1.165, 1.54) is 5.56 Å². The molecule has 1 heterocycles. The molecule has 3 nitrogen and oxygen atoms in total. The van der Waals surface area contributed by atoms with Gasteiger partial charge in [-0.2, -0.15) is 0 Å².